The van der Waals surface area contributed by atoms with Gasteiger partial charge < -0.3 is 9.73 Å². The Morgan fingerprint density at radius 3 is 2.94 bits per heavy atom. The maximum atomic E-state index is 5.08. The lowest BCUT2D eigenvalue weighted by Gasteiger charge is -2.14. The molecule has 1 atom stereocenters. The Morgan fingerprint density at radius 1 is 1.35 bits per heavy atom. The summed E-state index contributed by atoms with van der Waals surface area (Å²) in [5.41, 5.74) is 2.39. The topological polar surface area (TPSA) is 38.1 Å². The van der Waals surface area contributed by atoms with Gasteiger partial charge in [0, 0.05) is 17.9 Å². The maximum Gasteiger partial charge on any atom is 0.0935 e. The minimum absolute atomic E-state index is 0.467. The number of pyridine rings is 1. The number of rotatable bonds is 6. The summed E-state index contributed by atoms with van der Waals surface area (Å²) in [6, 6.07) is 8.54. The van der Waals surface area contributed by atoms with E-state index in [9.17, 15) is 0 Å². The molecule has 17 heavy (non-hydrogen) atoms. The molecule has 0 aromatic carbocycles. The second-order valence-corrected chi connectivity index (χ2v) is 4.18. The summed E-state index contributed by atoms with van der Waals surface area (Å²) in [6.45, 7) is 0. The van der Waals surface area contributed by atoms with E-state index >= 15 is 0 Å². The Kier molecular flexibility index (Phi) is 4.33. The molecule has 0 bridgehead atoms. The minimum atomic E-state index is 0.467. The van der Waals surface area contributed by atoms with Crippen LogP contribution in [0.15, 0.2) is 47.4 Å². The normalized spacial score (nSPS) is 12.5. The first-order chi connectivity index (χ1) is 8.38. The summed E-state index contributed by atoms with van der Waals surface area (Å²) in [5.74, 6) is 0. The van der Waals surface area contributed by atoms with Gasteiger partial charge in [0.1, 0.15) is 0 Å². The van der Waals surface area contributed by atoms with Gasteiger partial charge in [-0.25, -0.2) is 0 Å². The van der Waals surface area contributed by atoms with Crippen molar-refractivity contribution in [3.8, 4) is 0 Å². The van der Waals surface area contributed by atoms with Crippen molar-refractivity contribution in [2.75, 3.05) is 7.05 Å². The Balaban J connectivity index is 1.84. The van der Waals surface area contributed by atoms with Gasteiger partial charge in [0.25, 0.3) is 0 Å². The van der Waals surface area contributed by atoms with Crippen LogP contribution in [0.25, 0.3) is 0 Å². The molecule has 2 aromatic rings. The van der Waals surface area contributed by atoms with E-state index in [1.165, 1.54) is 5.56 Å². The van der Waals surface area contributed by atoms with Gasteiger partial charge in [0.2, 0.25) is 0 Å². The molecule has 1 unspecified atom stereocenters. The van der Waals surface area contributed by atoms with Crippen LogP contribution < -0.4 is 5.32 Å². The molecule has 0 fully saturated rings. The number of aromatic nitrogens is 1. The van der Waals surface area contributed by atoms with Gasteiger partial charge in [-0.2, -0.15) is 0 Å². The quantitative estimate of drug-likeness (QED) is 0.828. The van der Waals surface area contributed by atoms with Crippen molar-refractivity contribution in [1.82, 2.24) is 10.3 Å². The van der Waals surface area contributed by atoms with E-state index in [0.717, 1.165) is 25.0 Å². The molecule has 3 heteroatoms. The molecule has 0 aliphatic heterocycles. The molecule has 2 rings (SSSR count). The first kappa shape index (κ1) is 11.9. The maximum absolute atomic E-state index is 5.08. The summed E-state index contributed by atoms with van der Waals surface area (Å²) in [4.78, 5) is 4.34. The summed E-state index contributed by atoms with van der Waals surface area (Å²) in [6.07, 6.45) is 8.47. The van der Waals surface area contributed by atoms with Crippen molar-refractivity contribution >= 4 is 0 Å². The standard InChI is InChI=1S/C14H18N2O/c1-15-14(10-12-7-9-17-11-12)6-5-13-4-2-3-8-16-13/h2-4,7-9,11,14-15H,5-6,10H2,1H3. The lowest BCUT2D eigenvalue weighted by Crippen LogP contribution is -2.28. The first-order valence-electron chi connectivity index (χ1n) is 5.96. The van der Waals surface area contributed by atoms with Crippen LogP contribution in [-0.2, 0) is 12.8 Å². The lowest BCUT2D eigenvalue weighted by atomic mass is 10.0. The van der Waals surface area contributed by atoms with E-state index in [0.29, 0.717) is 6.04 Å². The molecular weight excluding hydrogens is 212 g/mol. The van der Waals surface area contributed by atoms with Gasteiger partial charge in [0.15, 0.2) is 0 Å². The van der Waals surface area contributed by atoms with E-state index < -0.39 is 0 Å². The number of aryl methyl sites for hydroxylation is 1. The van der Waals surface area contributed by atoms with Gasteiger partial charge in [-0.1, -0.05) is 6.07 Å². The molecule has 2 aromatic heterocycles. The van der Waals surface area contributed by atoms with Crippen LogP contribution in [-0.4, -0.2) is 18.1 Å². The largest absolute Gasteiger partial charge is 0.472 e. The zero-order valence-corrected chi connectivity index (χ0v) is 10.1. The van der Waals surface area contributed by atoms with E-state index in [1.807, 2.05) is 37.7 Å². The van der Waals surface area contributed by atoms with Gasteiger partial charge in [-0.3, -0.25) is 4.98 Å². The molecule has 90 valence electrons. The van der Waals surface area contributed by atoms with Crippen molar-refractivity contribution < 1.29 is 4.42 Å². The Bertz CT molecular complexity index is 411. The van der Waals surface area contributed by atoms with Crippen molar-refractivity contribution in [1.29, 1.82) is 0 Å². The van der Waals surface area contributed by atoms with E-state index in [4.69, 9.17) is 4.42 Å². The van der Waals surface area contributed by atoms with Crippen LogP contribution in [0.4, 0.5) is 0 Å². The van der Waals surface area contributed by atoms with Gasteiger partial charge in [-0.05, 0) is 50.1 Å². The molecule has 0 amide bonds. The monoisotopic (exact) mass is 230 g/mol. The highest BCUT2D eigenvalue weighted by Crippen LogP contribution is 2.09. The molecular formula is C14H18N2O. The third-order valence-corrected chi connectivity index (χ3v) is 2.95. The molecule has 0 aliphatic rings. The third kappa shape index (κ3) is 3.71. The first-order valence-corrected chi connectivity index (χ1v) is 5.96. The molecule has 2 heterocycles. The zero-order valence-electron chi connectivity index (χ0n) is 10.1. The van der Waals surface area contributed by atoms with Crippen molar-refractivity contribution in [2.45, 2.75) is 25.3 Å². The Labute approximate surface area is 102 Å². The number of hydrogen-bond acceptors (Lipinski definition) is 3. The molecule has 0 radical (unpaired) electrons. The van der Waals surface area contributed by atoms with Crippen LogP contribution in [0.2, 0.25) is 0 Å². The van der Waals surface area contributed by atoms with Gasteiger partial charge in [0.05, 0.1) is 12.5 Å². The molecule has 3 nitrogen and oxygen atoms in total. The summed E-state index contributed by atoms with van der Waals surface area (Å²) < 4.78 is 5.08. The van der Waals surface area contributed by atoms with Crippen LogP contribution >= 0.6 is 0 Å². The minimum Gasteiger partial charge on any atom is -0.472 e. The fraction of sp³-hybridized carbons (Fsp3) is 0.357. The number of nitrogens with zero attached hydrogens (tertiary/aromatic N) is 1. The average Bonchev–Trinajstić information content (AvgIpc) is 2.88. The van der Waals surface area contributed by atoms with Gasteiger partial charge in [-0.15, -0.1) is 0 Å². The Hall–Kier alpha value is -1.61. The molecule has 1 N–H and O–H groups in total. The highest BCUT2D eigenvalue weighted by atomic mass is 16.3. The molecule has 0 saturated carbocycles. The molecule has 0 aliphatic carbocycles. The fourth-order valence-electron chi connectivity index (χ4n) is 1.91. The second kappa shape index (κ2) is 6.21. The number of furan rings is 1. The van der Waals surface area contributed by atoms with E-state index in [2.05, 4.69) is 16.4 Å². The summed E-state index contributed by atoms with van der Waals surface area (Å²) in [5, 5.41) is 3.34. The van der Waals surface area contributed by atoms with Crippen molar-refractivity contribution in [2.24, 2.45) is 0 Å². The molecule has 0 saturated heterocycles. The smallest absolute Gasteiger partial charge is 0.0935 e. The zero-order chi connectivity index (χ0) is 11.9. The van der Waals surface area contributed by atoms with Crippen LogP contribution in [0.1, 0.15) is 17.7 Å². The predicted molar refractivity (Wildman–Crippen MR) is 67.8 cm³/mol. The number of likely N-dealkylation sites (N-methyl/N-ethyl adjacent to an activating group) is 1. The summed E-state index contributed by atoms with van der Waals surface area (Å²) >= 11 is 0. The number of nitrogens with one attached hydrogen (secondary N) is 1. The average molecular weight is 230 g/mol. The molecule has 0 spiro atoms. The highest BCUT2D eigenvalue weighted by molar-refractivity contribution is 5.08. The van der Waals surface area contributed by atoms with Crippen LogP contribution in [0.3, 0.4) is 0 Å². The van der Waals surface area contributed by atoms with Crippen LogP contribution in [0, 0.1) is 0 Å². The van der Waals surface area contributed by atoms with E-state index in [1.54, 1.807) is 6.26 Å². The number of hydrogen-bond donors (Lipinski definition) is 1. The lowest BCUT2D eigenvalue weighted by molar-refractivity contribution is 0.510. The fourth-order valence-corrected chi connectivity index (χ4v) is 1.91. The van der Waals surface area contributed by atoms with Crippen molar-refractivity contribution in [3.05, 3.63) is 54.2 Å². The van der Waals surface area contributed by atoms with E-state index in [-0.39, 0.29) is 0 Å². The Morgan fingerprint density at radius 2 is 2.29 bits per heavy atom. The second-order valence-electron chi connectivity index (χ2n) is 4.18. The SMILES string of the molecule is CNC(CCc1ccccn1)Cc1ccoc1. The highest BCUT2D eigenvalue weighted by Gasteiger charge is 2.08. The predicted octanol–water partition coefficient (Wildman–Crippen LogP) is 2.44. The van der Waals surface area contributed by atoms with Gasteiger partial charge >= 0.3 is 0 Å². The summed E-state index contributed by atoms with van der Waals surface area (Å²) in [7, 11) is 2.00. The third-order valence-electron chi connectivity index (χ3n) is 2.95. The van der Waals surface area contributed by atoms with Crippen molar-refractivity contribution in [3.63, 3.8) is 0 Å². The van der Waals surface area contributed by atoms with Crippen LogP contribution in [0.5, 0.6) is 0 Å².